The number of rotatable bonds is 6. The van der Waals surface area contributed by atoms with Crippen LogP contribution in [0.4, 0.5) is 0 Å². The highest BCUT2D eigenvalue weighted by atomic mass is 16.4. The minimum absolute atomic E-state index is 0.246. The monoisotopic (exact) mass is 281 g/mol. The van der Waals surface area contributed by atoms with Gasteiger partial charge in [0.2, 0.25) is 0 Å². The van der Waals surface area contributed by atoms with Gasteiger partial charge in [-0.25, -0.2) is 5.84 Å². The molecule has 20 heavy (non-hydrogen) atoms. The topological polar surface area (TPSA) is 91.7 Å². The third-order valence-corrected chi connectivity index (χ3v) is 3.94. The van der Waals surface area contributed by atoms with Gasteiger partial charge in [-0.15, -0.1) is 0 Å². The van der Waals surface area contributed by atoms with Gasteiger partial charge in [-0.2, -0.15) is 0 Å². The number of amides is 1. The summed E-state index contributed by atoms with van der Waals surface area (Å²) in [6, 6.07) is 2.28. The molecule has 0 radical (unpaired) electrons. The summed E-state index contributed by atoms with van der Waals surface area (Å²) in [5.41, 5.74) is 3.11. The number of carbonyl (C=O) groups is 1. The number of hydrazine groups is 1. The lowest BCUT2D eigenvalue weighted by Crippen LogP contribution is -2.30. The van der Waals surface area contributed by atoms with Crippen molar-refractivity contribution in [1.29, 1.82) is 0 Å². The van der Waals surface area contributed by atoms with E-state index in [9.17, 15) is 4.79 Å². The zero-order valence-corrected chi connectivity index (χ0v) is 11.9. The average Bonchev–Trinajstić information content (AvgIpc) is 3.03. The van der Waals surface area contributed by atoms with E-state index in [1.54, 1.807) is 6.07 Å². The third-order valence-electron chi connectivity index (χ3n) is 3.94. The fraction of sp³-hybridized carbons (Fsp3) is 0.643. The largest absolute Gasteiger partial charge is 0.456 e. The van der Waals surface area contributed by atoms with Crippen LogP contribution in [0.5, 0.6) is 0 Å². The number of aliphatic hydroxyl groups excluding tert-OH is 1. The summed E-state index contributed by atoms with van der Waals surface area (Å²) in [7, 11) is 0. The van der Waals surface area contributed by atoms with Crippen molar-refractivity contribution in [2.75, 3.05) is 13.2 Å². The van der Waals surface area contributed by atoms with E-state index >= 15 is 0 Å². The first kappa shape index (κ1) is 15.0. The molecule has 0 bridgehead atoms. The van der Waals surface area contributed by atoms with E-state index in [1.165, 1.54) is 12.8 Å². The summed E-state index contributed by atoms with van der Waals surface area (Å²) in [5.74, 6) is 5.72. The second-order valence-corrected chi connectivity index (χ2v) is 5.30. The highest BCUT2D eigenvalue weighted by Gasteiger charge is 2.25. The Kier molecular flexibility index (Phi) is 5.17. The fourth-order valence-electron chi connectivity index (χ4n) is 2.84. The first-order chi connectivity index (χ1) is 9.65. The molecule has 6 heteroatoms. The van der Waals surface area contributed by atoms with E-state index in [0.29, 0.717) is 6.04 Å². The Bertz CT molecular complexity index is 459. The number of nitrogens with one attached hydrogen (secondary N) is 1. The number of hydrogen-bond acceptors (Lipinski definition) is 5. The van der Waals surface area contributed by atoms with Gasteiger partial charge in [0.25, 0.3) is 0 Å². The molecule has 1 saturated heterocycles. The van der Waals surface area contributed by atoms with Crippen LogP contribution in [0.25, 0.3) is 0 Å². The second-order valence-electron chi connectivity index (χ2n) is 5.30. The Morgan fingerprint density at radius 2 is 2.45 bits per heavy atom. The van der Waals surface area contributed by atoms with E-state index in [4.69, 9.17) is 15.4 Å². The summed E-state index contributed by atoms with van der Waals surface area (Å²) < 4.78 is 5.44. The van der Waals surface area contributed by atoms with Gasteiger partial charge in [-0.1, -0.05) is 0 Å². The van der Waals surface area contributed by atoms with Gasteiger partial charge in [0.1, 0.15) is 5.76 Å². The van der Waals surface area contributed by atoms with Crippen molar-refractivity contribution >= 4 is 5.91 Å². The quantitative estimate of drug-likeness (QED) is 0.410. The standard InChI is InChI=1S/C14H23N3O3/c1-10-11(8-13(20-10)14(19)16-15)9-17-6-2-4-12(17)5-3-7-18/h8,12,18H,2-7,9,15H2,1H3,(H,16,19). The van der Waals surface area contributed by atoms with Gasteiger partial charge in [-0.05, 0) is 45.2 Å². The maximum atomic E-state index is 11.5. The van der Waals surface area contributed by atoms with Gasteiger partial charge >= 0.3 is 5.91 Å². The minimum Gasteiger partial charge on any atom is -0.456 e. The number of nitrogen functional groups attached to an aromatic ring is 1. The summed E-state index contributed by atoms with van der Waals surface area (Å²) >= 11 is 0. The molecule has 112 valence electrons. The van der Waals surface area contributed by atoms with E-state index in [0.717, 1.165) is 37.3 Å². The molecule has 6 nitrogen and oxygen atoms in total. The number of aryl methyl sites for hydroxylation is 1. The molecule has 0 saturated carbocycles. The SMILES string of the molecule is Cc1oc(C(=O)NN)cc1CN1CCCC1CCCO. The van der Waals surface area contributed by atoms with Crippen LogP contribution in [0.3, 0.4) is 0 Å². The highest BCUT2D eigenvalue weighted by Crippen LogP contribution is 2.25. The first-order valence-electron chi connectivity index (χ1n) is 7.11. The summed E-state index contributed by atoms with van der Waals surface area (Å²) in [6.45, 7) is 3.94. The van der Waals surface area contributed by atoms with Crippen molar-refractivity contribution in [1.82, 2.24) is 10.3 Å². The summed E-state index contributed by atoms with van der Waals surface area (Å²) in [5, 5.41) is 8.95. The molecule has 0 aliphatic carbocycles. The van der Waals surface area contributed by atoms with Crippen LogP contribution in [-0.2, 0) is 6.54 Å². The van der Waals surface area contributed by atoms with Crippen molar-refractivity contribution in [3.8, 4) is 0 Å². The van der Waals surface area contributed by atoms with E-state index < -0.39 is 5.91 Å². The van der Waals surface area contributed by atoms with Crippen molar-refractivity contribution in [3.63, 3.8) is 0 Å². The average molecular weight is 281 g/mol. The third kappa shape index (κ3) is 3.39. The van der Waals surface area contributed by atoms with Crippen LogP contribution in [0.15, 0.2) is 10.5 Å². The molecule has 1 aliphatic heterocycles. The van der Waals surface area contributed by atoms with Crippen molar-refractivity contribution in [2.24, 2.45) is 5.84 Å². The van der Waals surface area contributed by atoms with Crippen LogP contribution >= 0.6 is 0 Å². The zero-order chi connectivity index (χ0) is 14.5. The lowest BCUT2D eigenvalue weighted by Gasteiger charge is -2.23. The molecular weight excluding hydrogens is 258 g/mol. The lowest BCUT2D eigenvalue weighted by atomic mass is 10.1. The maximum absolute atomic E-state index is 11.5. The molecule has 1 aliphatic rings. The molecule has 1 aromatic heterocycles. The number of likely N-dealkylation sites (tertiary alicyclic amines) is 1. The predicted molar refractivity (Wildman–Crippen MR) is 74.9 cm³/mol. The van der Waals surface area contributed by atoms with Crippen LogP contribution < -0.4 is 11.3 Å². The molecular formula is C14H23N3O3. The Morgan fingerprint density at radius 3 is 3.15 bits per heavy atom. The number of carbonyl (C=O) groups excluding carboxylic acids is 1. The van der Waals surface area contributed by atoms with Crippen LogP contribution in [0, 0.1) is 6.92 Å². The molecule has 1 unspecified atom stereocenters. The summed E-state index contributed by atoms with van der Waals surface area (Å²) in [6.07, 6.45) is 4.21. The summed E-state index contributed by atoms with van der Waals surface area (Å²) in [4.78, 5) is 13.9. The van der Waals surface area contributed by atoms with Crippen LogP contribution in [-0.4, -0.2) is 35.1 Å². The number of hydrogen-bond donors (Lipinski definition) is 3. The Balaban J connectivity index is 2.01. The molecule has 0 aromatic carbocycles. The number of aliphatic hydroxyl groups is 1. The van der Waals surface area contributed by atoms with Gasteiger partial charge in [0.05, 0.1) is 0 Å². The van der Waals surface area contributed by atoms with Gasteiger partial charge in [0.15, 0.2) is 5.76 Å². The number of nitrogens with zero attached hydrogens (tertiary/aromatic N) is 1. The molecule has 2 rings (SSSR count). The Morgan fingerprint density at radius 1 is 1.65 bits per heavy atom. The predicted octanol–water partition coefficient (Wildman–Crippen LogP) is 0.928. The highest BCUT2D eigenvalue weighted by molar-refractivity contribution is 5.91. The van der Waals surface area contributed by atoms with Gasteiger partial charge in [-0.3, -0.25) is 15.1 Å². The molecule has 1 amide bonds. The maximum Gasteiger partial charge on any atom is 0.300 e. The molecule has 4 N–H and O–H groups in total. The van der Waals surface area contributed by atoms with E-state index in [2.05, 4.69) is 10.3 Å². The molecule has 1 atom stereocenters. The smallest absolute Gasteiger partial charge is 0.300 e. The Labute approximate surface area is 118 Å². The fourth-order valence-corrected chi connectivity index (χ4v) is 2.84. The first-order valence-corrected chi connectivity index (χ1v) is 7.11. The lowest BCUT2D eigenvalue weighted by molar-refractivity contribution is 0.0924. The number of nitrogens with two attached hydrogens (primary N) is 1. The molecule has 1 fully saturated rings. The van der Waals surface area contributed by atoms with Crippen molar-refractivity contribution < 1.29 is 14.3 Å². The van der Waals surface area contributed by atoms with Crippen molar-refractivity contribution in [3.05, 3.63) is 23.2 Å². The van der Waals surface area contributed by atoms with Crippen molar-refractivity contribution in [2.45, 2.75) is 45.2 Å². The Hall–Kier alpha value is -1.37. The minimum atomic E-state index is -0.405. The second kappa shape index (κ2) is 6.88. The van der Waals surface area contributed by atoms with Crippen LogP contribution in [0.1, 0.15) is 47.6 Å². The normalized spacial score (nSPS) is 19.4. The van der Waals surface area contributed by atoms with E-state index in [-0.39, 0.29) is 12.4 Å². The van der Waals surface area contributed by atoms with Gasteiger partial charge < -0.3 is 9.52 Å². The van der Waals surface area contributed by atoms with Gasteiger partial charge in [0, 0.05) is 24.8 Å². The van der Waals surface area contributed by atoms with E-state index in [1.807, 2.05) is 6.92 Å². The zero-order valence-electron chi connectivity index (χ0n) is 11.9. The molecule has 2 heterocycles. The molecule has 0 spiro atoms. The van der Waals surface area contributed by atoms with Crippen LogP contribution in [0.2, 0.25) is 0 Å². The molecule has 1 aromatic rings. The number of furan rings is 1.